The zero-order valence-electron chi connectivity index (χ0n) is 12.2. The molecule has 20 heavy (non-hydrogen) atoms. The summed E-state index contributed by atoms with van der Waals surface area (Å²) < 4.78 is 1.08. The predicted molar refractivity (Wildman–Crippen MR) is 82.5 cm³/mol. The summed E-state index contributed by atoms with van der Waals surface area (Å²) in [6.07, 6.45) is 1.43. The lowest BCUT2D eigenvalue weighted by Crippen LogP contribution is -2.43. The highest BCUT2D eigenvalue weighted by molar-refractivity contribution is 9.10. The quantitative estimate of drug-likeness (QED) is 0.797. The predicted octanol–water partition coefficient (Wildman–Crippen LogP) is 3.29. The van der Waals surface area contributed by atoms with E-state index in [0.29, 0.717) is 13.1 Å². The number of hydrogen-bond donors (Lipinski definition) is 1. The molecule has 0 bridgehead atoms. The van der Waals surface area contributed by atoms with Crippen LogP contribution in [-0.4, -0.2) is 29.6 Å². The maximum absolute atomic E-state index is 12.0. The summed E-state index contributed by atoms with van der Waals surface area (Å²) in [6, 6.07) is 6.31. The average Bonchev–Trinajstić information content (AvgIpc) is 2.57. The van der Waals surface area contributed by atoms with E-state index < -0.39 is 0 Å². The molecule has 1 heterocycles. The number of rotatable bonds is 1. The van der Waals surface area contributed by atoms with Crippen molar-refractivity contribution in [3.63, 3.8) is 0 Å². The Balaban J connectivity index is 1.96. The van der Waals surface area contributed by atoms with E-state index in [1.54, 1.807) is 4.90 Å². The minimum Gasteiger partial charge on any atom is -0.353 e. The van der Waals surface area contributed by atoms with Crippen molar-refractivity contribution in [2.24, 2.45) is 0 Å². The summed E-state index contributed by atoms with van der Waals surface area (Å²) >= 11 is 3.49. The van der Waals surface area contributed by atoms with Crippen molar-refractivity contribution in [1.82, 2.24) is 10.4 Å². The zero-order valence-corrected chi connectivity index (χ0v) is 13.8. The summed E-state index contributed by atoms with van der Waals surface area (Å²) in [6.45, 7) is 7.25. The van der Waals surface area contributed by atoms with Gasteiger partial charge in [0.05, 0.1) is 0 Å². The standard InChI is InChI=1S/C15H21BrN2O2/c1-15(2,3)17-20-14(19)18-8-6-11-4-5-13(16)10-12(11)7-9-18/h4-5,10,17H,6-9H2,1-3H3. The monoisotopic (exact) mass is 340 g/mol. The molecule has 0 saturated carbocycles. The van der Waals surface area contributed by atoms with E-state index in [0.717, 1.165) is 17.3 Å². The number of hydrogen-bond acceptors (Lipinski definition) is 3. The number of amides is 1. The summed E-state index contributed by atoms with van der Waals surface area (Å²) in [5.74, 6) is 0. The fraction of sp³-hybridized carbons (Fsp3) is 0.533. The largest absolute Gasteiger partial charge is 0.428 e. The molecule has 1 aliphatic heterocycles. The number of carbonyl (C=O) groups excluding carboxylic acids is 1. The molecule has 0 atom stereocenters. The van der Waals surface area contributed by atoms with Gasteiger partial charge in [-0.15, -0.1) is 5.48 Å². The molecule has 1 N–H and O–H groups in total. The SMILES string of the molecule is CC(C)(C)NOC(=O)N1CCc2ccc(Br)cc2CC1. The minimum atomic E-state index is -0.299. The van der Waals surface area contributed by atoms with Crippen LogP contribution in [0.25, 0.3) is 0 Å². The van der Waals surface area contributed by atoms with E-state index in [1.807, 2.05) is 26.8 Å². The first kappa shape index (κ1) is 15.3. The number of nitrogens with one attached hydrogen (secondary N) is 1. The molecule has 1 amide bonds. The number of fused-ring (bicyclic) bond motifs is 1. The van der Waals surface area contributed by atoms with Crippen molar-refractivity contribution in [3.05, 3.63) is 33.8 Å². The van der Waals surface area contributed by atoms with Gasteiger partial charge in [-0.25, -0.2) is 4.79 Å². The highest BCUT2D eigenvalue weighted by Crippen LogP contribution is 2.21. The lowest BCUT2D eigenvalue weighted by molar-refractivity contribution is 0.0223. The van der Waals surface area contributed by atoms with Gasteiger partial charge in [-0.2, -0.15) is 0 Å². The summed E-state index contributed by atoms with van der Waals surface area (Å²) in [5.41, 5.74) is 5.15. The molecule has 1 aliphatic rings. The molecule has 2 rings (SSSR count). The smallest absolute Gasteiger partial charge is 0.353 e. The third-order valence-corrected chi connectivity index (χ3v) is 3.67. The molecule has 0 aromatic heterocycles. The number of benzene rings is 1. The molecule has 1 aromatic carbocycles. The van der Waals surface area contributed by atoms with E-state index in [4.69, 9.17) is 4.84 Å². The fourth-order valence-corrected chi connectivity index (χ4v) is 2.55. The van der Waals surface area contributed by atoms with Gasteiger partial charge in [0, 0.05) is 23.1 Å². The third-order valence-electron chi connectivity index (χ3n) is 3.17. The Morgan fingerprint density at radius 3 is 2.55 bits per heavy atom. The van der Waals surface area contributed by atoms with Crippen molar-refractivity contribution in [3.8, 4) is 0 Å². The van der Waals surface area contributed by atoms with Crippen LogP contribution in [0.4, 0.5) is 4.79 Å². The van der Waals surface area contributed by atoms with E-state index in [9.17, 15) is 4.79 Å². The number of carbonyl (C=O) groups is 1. The number of nitrogens with zero attached hydrogens (tertiary/aromatic N) is 1. The van der Waals surface area contributed by atoms with Crippen molar-refractivity contribution in [2.45, 2.75) is 39.2 Å². The van der Waals surface area contributed by atoms with Crippen LogP contribution < -0.4 is 5.48 Å². The lowest BCUT2D eigenvalue weighted by Gasteiger charge is -2.24. The van der Waals surface area contributed by atoms with E-state index in [-0.39, 0.29) is 11.6 Å². The second-order valence-corrected chi connectivity index (χ2v) is 7.04. The van der Waals surface area contributed by atoms with Crippen molar-refractivity contribution < 1.29 is 9.63 Å². The molecule has 0 aliphatic carbocycles. The van der Waals surface area contributed by atoms with Gasteiger partial charge in [0.2, 0.25) is 0 Å². The van der Waals surface area contributed by atoms with Crippen molar-refractivity contribution in [2.75, 3.05) is 13.1 Å². The molecule has 0 fully saturated rings. The topological polar surface area (TPSA) is 41.6 Å². The maximum Gasteiger partial charge on any atom is 0.428 e. The molecule has 0 saturated heterocycles. The molecular formula is C15H21BrN2O2. The van der Waals surface area contributed by atoms with E-state index >= 15 is 0 Å². The summed E-state index contributed by atoms with van der Waals surface area (Å²) in [5, 5.41) is 0. The van der Waals surface area contributed by atoms with Gasteiger partial charge in [0.25, 0.3) is 0 Å². The van der Waals surface area contributed by atoms with Crippen LogP contribution in [0.15, 0.2) is 22.7 Å². The molecule has 0 spiro atoms. The zero-order chi connectivity index (χ0) is 14.8. The van der Waals surface area contributed by atoms with Crippen LogP contribution in [0.1, 0.15) is 31.9 Å². The Morgan fingerprint density at radius 1 is 1.25 bits per heavy atom. The Hall–Kier alpha value is -1.07. The number of halogens is 1. The molecule has 0 unspecified atom stereocenters. The molecule has 110 valence electrons. The Labute approximate surface area is 128 Å². The molecular weight excluding hydrogens is 320 g/mol. The second-order valence-electron chi connectivity index (χ2n) is 6.12. The fourth-order valence-electron chi connectivity index (χ4n) is 2.14. The van der Waals surface area contributed by atoms with E-state index in [2.05, 4.69) is 33.5 Å². The second kappa shape index (κ2) is 6.14. The van der Waals surface area contributed by atoms with Gasteiger partial charge in [-0.1, -0.05) is 22.0 Å². The van der Waals surface area contributed by atoms with E-state index in [1.165, 1.54) is 11.1 Å². The van der Waals surface area contributed by atoms with Crippen LogP contribution in [0, 0.1) is 0 Å². The maximum atomic E-state index is 12.0. The molecule has 1 aromatic rings. The van der Waals surface area contributed by atoms with Gasteiger partial charge in [0.15, 0.2) is 0 Å². The van der Waals surface area contributed by atoms with Crippen LogP contribution in [-0.2, 0) is 17.7 Å². The van der Waals surface area contributed by atoms with Crippen molar-refractivity contribution in [1.29, 1.82) is 0 Å². The highest BCUT2D eigenvalue weighted by atomic mass is 79.9. The first-order chi connectivity index (χ1) is 9.35. The first-order valence-corrected chi connectivity index (χ1v) is 7.65. The van der Waals surface area contributed by atoms with Crippen LogP contribution in [0.3, 0.4) is 0 Å². The lowest BCUT2D eigenvalue weighted by atomic mass is 10.0. The van der Waals surface area contributed by atoms with Gasteiger partial charge in [0.1, 0.15) is 0 Å². The van der Waals surface area contributed by atoms with Crippen LogP contribution >= 0.6 is 15.9 Å². The summed E-state index contributed by atoms with van der Waals surface area (Å²) in [7, 11) is 0. The Morgan fingerprint density at radius 2 is 1.90 bits per heavy atom. The van der Waals surface area contributed by atoms with Gasteiger partial charge >= 0.3 is 6.09 Å². The summed E-state index contributed by atoms with van der Waals surface area (Å²) in [4.78, 5) is 19.0. The Bertz CT molecular complexity index is 497. The highest BCUT2D eigenvalue weighted by Gasteiger charge is 2.21. The normalized spacial score (nSPS) is 15.5. The van der Waals surface area contributed by atoms with Crippen LogP contribution in [0.5, 0.6) is 0 Å². The molecule has 4 nitrogen and oxygen atoms in total. The molecule has 5 heteroatoms. The van der Waals surface area contributed by atoms with Gasteiger partial charge < -0.3 is 9.74 Å². The number of hydroxylamine groups is 1. The first-order valence-electron chi connectivity index (χ1n) is 6.85. The minimum absolute atomic E-state index is 0.241. The van der Waals surface area contributed by atoms with Crippen LogP contribution in [0.2, 0.25) is 0 Å². The van der Waals surface area contributed by atoms with Crippen molar-refractivity contribution >= 4 is 22.0 Å². The third kappa shape index (κ3) is 4.21. The Kier molecular flexibility index (Phi) is 4.70. The van der Waals surface area contributed by atoms with Gasteiger partial charge in [-0.3, -0.25) is 0 Å². The van der Waals surface area contributed by atoms with Gasteiger partial charge in [-0.05, 0) is 56.9 Å². The average molecular weight is 341 g/mol. The molecule has 0 radical (unpaired) electrons.